The number of ether oxygens (including phenoxy) is 3. The smallest absolute Gasteiger partial charge is 0.311 e. The van der Waals surface area contributed by atoms with E-state index in [-0.39, 0.29) is 12.6 Å². The van der Waals surface area contributed by atoms with Crippen LogP contribution < -0.4 is 9.47 Å². The zero-order valence-electron chi connectivity index (χ0n) is 18.1. The SMILES string of the molecule is CC(C)(C)C(=O)OCc1cc(OCc2ccccc2)cc(OCc2ccccc2)c1I. The predicted molar refractivity (Wildman–Crippen MR) is 130 cm³/mol. The first-order valence-corrected chi connectivity index (χ1v) is 11.2. The van der Waals surface area contributed by atoms with E-state index in [0.29, 0.717) is 24.7 Å². The number of esters is 1. The fraction of sp³-hybridized carbons (Fsp3) is 0.269. The zero-order chi connectivity index (χ0) is 22.3. The van der Waals surface area contributed by atoms with Gasteiger partial charge in [0.15, 0.2) is 0 Å². The van der Waals surface area contributed by atoms with Crippen LogP contribution in [0.4, 0.5) is 0 Å². The summed E-state index contributed by atoms with van der Waals surface area (Å²) in [5.41, 5.74) is 2.45. The van der Waals surface area contributed by atoms with Gasteiger partial charge in [0, 0.05) is 11.6 Å². The topological polar surface area (TPSA) is 44.8 Å². The van der Waals surface area contributed by atoms with Crippen LogP contribution in [0.2, 0.25) is 0 Å². The number of carbonyl (C=O) groups is 1. The molecule has 0 aliphatic rings. The number of benzene rings is 3. The molecule has 0 atom stereocenters. The molecule has 0 bridgehead atoms. The molecule has 0 aliphatic carbocycles. The molecule has 0 radical (unpaired) electrons. The van der Waals surface area contributed by atoms with Crippen molar-refractivity contribution in [3.8, 4) is 11.5 Å². The second-order valence-corrected chi connectivity index (χ2v) is 9.35. The summed E-state index contributed by atoms with van der Waals surface area (Å²) in [6.07, 6.45) is 0. The summed E-state index contributed by atoms with van der Waals surface area (Å²) in [6.45, 7) is 6.58. The van der Waals surface area contributed by atoms with Gasteiger partial charge in [0.25, 0.3) is 0 Å². The Morgan fingerprint density at radius 2 is 1.35 bits per heavy atom. The summed E-state index contributed by atoms with van der Waals surface area (Å²) in [5.74, 6) is 1.14. The van der Waals surface area contributed by atoms with Crippen LogP contribution in [0, 0.1) is 8.99 Å². The van der Waals surface area contributed by atoms with Crippen LogP contribution in [0.5, 0.6) is 11.5 Å². The lowest BCUT2D eigenvalue weighted by Gasteiger charge is -2.19. The van der Waals surface area contributed by atoms with Gasteiger partial charge >= 0.3 is 5.97 Å². The first-order valence-electron chi connectivity index (χ1n) is 10.2. The minimum atomic E-state index is -0.556. The zero-order valence-corrected chi connectivity index (χ0v) is 20.2. The first-order chi connectivity index (χ1) is 14.8. The van der Waals surface area contributed by atoms with Crippen molar-refractivity contribution in [1.29, 1.82) is 0 Å². The lowest BCUT2D eigenvalue weighted by molar-refractivity contribution is -0.154. The van der Waals surface area contributed by atoms with E-state index in [1.807, 2.05) is 93.6 Å². The Bertz CT molecular complexity index is 995. The molecule has 3 rings (SSSR count). The second kappa shape index (κ2) is 10.7. The van der Waals surface area contributed by atoms with Gasteiger partial charge in [-0.25, -0.2) is 0 Å². The van der Waals surface area contributed by atoms with Crippen LogP contribution >= 0.6 is 22.6 Å². The molecule has 0 N–H and O–H groups in total. The van der Waals surface area contributed by atoms with Crippen LogP contribution in [0.1, 0.15) is 37.5 Å². The molecule has 0 unspecified atom stereocenters. The quantitative estimate of drug-likeness (QED) is 0.245. The lowest BCUT2D eigenvalue weighted by atomic mass is 9.97. The fourth-order valence-electron chi connectivity index (χ4n) is 2.76. The fourth-order valence-corrected chi connectivity index (χ4v) is 3.38. The van der Waals surface area contributed by atoms with Crippen molar-refractivity contribution in [3.63, 3.8) is 0 Å². The van der Waals surface area contributed by atoms with Gasteiger partial charge in [0.05, 0.1) is 8.99 Å². The average molecular weight is 530 g/mol. The number of halogens is 1. The third kappa shape index (κ3) is 6.99. The van der Waals surface area contributed by atoms with E-state index in [9.17, 15) is 4.79 Å². The van der Waals surface area contributed by atoms with Gasteiger partial charge in [-0.15, -0.1) is 0 Å². The lowest BCUT2D eigenvalue weighted by Crippen LogP contribution is -2.22. The molecule has 3 aromatic rings. The maximum atomic E-state index is 12.3. The van der Waals surface area contributed by atoms with Crippen LogP contribution in [-0.2, 0) is 29.4 Å². The number of rotatable bonds is 8. The van der Waals surface area contributed by atoms with Gasteiger partial charge in [-0.3, -0.25) is 4.79 Å². The Hall–Kier alpha value is -2.54. The summed E-state index contributed by atoms with van der Waals surface area (Å²) >= 11 is 2.24. The molecule has 5 heteroatoms. The van der Waals surface area contributed by atoms with E-state index in [2.05, 4.69) is 22.6 Å². The molecular formula is C26H27IO4. The molecule has 0 fully saturated rings. The van der Waals surface area contributed by atoms with E-state index < -0.39 is 5.41 Å². The molecule has 0 aromatic heterocycles. The van der Waals surface area contributed by atoms with Crippen LogP contribution in [0.3, 0.4) is 0 Å². The van der Waals surface area contributed by atoms with Crippen molar-refractivity contribution >= 4 is 28.6 Å². The Morgan fingerprint density at radius 1 is 0.806 bits per heavy atom. The Labute approximate surface area is 197 Å². The van der Waals surface area contributed by atoms with E-state index in [4.69, 9.17) is 14.2 Å². The summed E-state index contributed by atoms with van der Waals surface area (Å²) in [7, 11) is 0. The van der Waals surface area contributed by atoms with Gasteiger partial charge in [-0.05, 0) is 60.6 Å². The Morgan fingerprint density at radius 3 is 1.90 bits per heavy atom. The van der Waals surface area contributed by atoms with Crippen LogP contribution in [0.25, 0.3) is 0 Å². The van der Waals surface area contributed by atoms with Gasteiger partial charge in [0.1, 0.15) is 31.3 Å². The first kappa shape index (κ1) is 23.1. The summed E-state index contributed by atoms with van der Waals surface area (Å²) in [5, 5.41) is 0. The van der Waals surface area contributed by atoms with E-state index in [1.54, 1.807) is 0 Å². The molecule has 4 nitrogen and oxygen atoms in total. The minimum Gasteiger partial charge on any atom is -0.489 e. The molecule has 0 heterocycles. The molecular weight excluding hydrogens is 503 g/mol. The predicted octanol–water partition coefficient (Wildman–Crippen LogP) is 6.54. The molecule has 0 aliphatic heterocycles. The van der Waals surface area contributed by atoms with Gasteiger partial charge in [-0.1, -0.05) is 60.7 Å². The van der Waals surface area contributed by atoms with Gasteiger partial charge in [-0.2, -0.15) is 0 Å². The monoisotopic (exact) mass is 530 g/mol. The molecule has 3 aromatic carbocycles. The van der Waals surface area contributed by atoms with Gasteiger partial charge < -0.3 is 14.2 Å². The largest absolute Gasteiger partial charge is 0.489 e. The second-order valence-electron chi connectivity index (χ2n) is 8.27. The molecule has 0 saturated carbocycles. The van der Waals surface area contributed by atoms with E-state index in [0.717, 1.165) is 20.3 Å². The van der Waals surface area contributed by atoms with Crippen molar-refractivity contribution < 1.29 is 19.0 Å². The van der Waals surface area contributed by atoms with Crippen molar-refractivity contribution in [3.05, 3.63) is 93.1 Å². The van der Waals surface area contributed by atoms with Crippen molar-refractivity contribution in [1.82, 2.24) is 0 Å². The normalized spacial score (nSPS) is 11.1. The third-order valence-electron chi connectivity index (χ3n) is 4.54. The third-order valence-corrected chi connectivity index (χ3v) is 5.77. The highest BCUT2D eigenvalue weighted by molar-refractivity contribution is 14.1. The van der Waals surface area contributed by atoms with Gasteiger partial charge in [0.2, 0.25) is 0 Å². The average Bonchev–Trinajstić information content (AvgIpc) is 2.77. The van der Waals surface area contributed by atoms with E-state index >= 15 is 0 Å². The number of hydrogen-bond acceptors (Lipinski definition) is 4. The standard InChI is InChI=1S/C26H27IO4/c1-26(2,3)25(28)31-18-21-14-22(29-16-19-10-6-4-7-11-19)15-23(24(21)27)30-17-20-12-8-5-9-13-20/h4-15H,16-18H2,1-3H3. The summed E-state index contributed by atoms with van der Waals surface area (Å²) in [6, 6.07) is 23.8. The molecule has 0 spiro atoms. The Balaban J connectivity index is 1.80. The summed E-state index contributed by atoms with van der Waals surface area (Å²) in [4.78, 5) is 12.3. The highest BCUT2D eigenvalue weighted by Gasteiger charge is 2.23. The summed E-state index contributed by atoms with van der Waals surface area (Å²) < 4.78 is 18.6. The number of carbonyl (C=O) groups excluding carboxylic acids is 1. The van der Waals surface area contributed by atoms with Crippen molar-refractivity contribution in [2.45, 2.75) is 40.6 Å². The highest BCUT2D eigenvalue weighted by atomic mass is 127. The number of hydrogen-bond donors (Lipinski definition) is 0. The molecule has 162 valence electrons. The van der Waals surface area contributed by atoms with E-state index in [1.165, 1.54) is 0 Å². The van der Waals surface area contributed by atoms with Crippen molar-refractivity contribution in [2.24, 2.45) is 5.41 Å². The molecule has 31 heavy (non-hydrogen) atoms. The molecule has 0 amide bonds. The van der Waals surface area contributed by atoms with Crippen LogP contribution in [0.15, 0.2) is 72.8 Å². The van der Waals surface area contributed by atoms with Crippen molar-refractivity contribution in [2.75, 3.05) is 0 Å². The minimum absolute atomic E-state index is 0.165. The van der Waals surface area contributed by atoms with Crippen LogP contribution in [-0.4, -0.2) is 5.97 Å². The highest BCUT2D eigenvalue weighted by Crippen LogP contribution is 2.32. The molecule has 0 saturated heterocycles. The maximum absolute atomic E-state index is 12.3. The Kier molecular flexibility index (Phi) is 7.96. The maximum Gasteiger partial charge on any atom is 0.311 e.